The van der Waals surface area contributed by atoms with Gasteiger partial charge >= 0.3 is 0 Å². The van der Waals surface area contributed by atoms with Gasteiger partial charge in [-0.2, -0.15) is 0 Å². The molecule has 0 heterocycles. The highest BCUT2D eigenvalue weighted by atomic mass is 14.3. The van der Waals surface area contributed by atoms with Crippen LogP contribution in [0.4, 0.5) is 0 Å². The highest BCUT2D eigenvalue weighted by molar-refractivity contribution is 5.38. The Bertz CT molecular complexity index is 726. The van der Waals surface area contributed by atoms with Crippen molar-refractivity contribution >= 4 is 0 Å². The summed E-state index contributed by atoms with van der Waals surface area (Å²) in [6.07, 6.45) is 30.1. The fourth-order valence-electron chi connectivity index (χ4n) is 6.28. The van der Waals surface area contributed by atoms with E-state index in [1.165, 1.54) is 121 Å². The lowest BCUT2D eigenvalue weighted by Gasteiger charge is -2.31. The quantitative estimate of drug-likeness (QED) is 0.215. The van der Waals surface area contributed by atoms with E-state index in [-0.39, 0.29) is 0 Å². The average molecular weight is 461 g/mol. The van der Waals surface area contributed by atoms with Crippen molar-refractivity contribution in [1.82, 2.24) is 0 Å². The van der Waals surface area contributed by atoms with E-state index in [1.807, 2.05) is 0 Å². The van der Waals surface area contributed by atoms with Crippen molar-refractivity contribution in [1.29, 1.82) is 0 Å². The Morgan fingerprint density at radius 2 is 1.24 bits per heavy atom. The van der Waals surface area contributed by atoms with Gasteiger partial charge in [0.1, 0.15) is 0 Å². The molecule has 34 heavy (non-hydrogen) atoms. The Hall–Kier alpha value is -1.48. The van der Waals surface area contributed by atoms with Crippen LogP contribution < -0.4 is 0 Å². The molecule has 2 aliphatic rings. The number of benzene rings is 1. The van der Waals surface area contributed by atoms with Crippen molar-refractivity contribution in [3.63, 3.8) is 0 Å². The first-order valence-electron chi connectivity index (χ1n) is 15.0. The van der Waals surface area contributed by atoms with Gasteiger partial charge in [0.2, 0.25) is 0 Å². The molecule has 0 N–H and O–H groups in total. The van der Waals surface area contributed by atoms with E-state index in [0.717, 1.165) is 29.2 Å². The predicted octanol–water partition coefficient (Wildman–Crippen LogP) is 10.3. The maximum absolute atomic E-state index is 3.32. The molecule has 2 saturated carbocycles. The Morgan fingerprint density at radius 3 is 1.85 bits per heavy atom. The van der Waals surface area contributed by atoms with Gasteiger partial charge in [-0.1, -0.05) is 121 Å². The molecule has 0 amide bonds. The van der Waals surface area contributed by atoms with Crippen molar-refractivity contribution in [3.05, 3.63) is 47.5 Å². The maximum atomic E-state index is 3.32. The van der Waals surface area contributed by atoms with Crippen LogP contribution >= 0.6 is 0 Å². The van der Waals surface area contributed by atoms with Gasteiger partial charge < -0.3 is 0 Å². The topological polar surface area (TPSA) is 0 Å². The van der Waals surface area contributed by atoms with Gasteiger partial charge in [-0.05, 0) is 86.0 Å². The van der Waals surface area contributed by atoms with E-state index in [2.05, 4.69) is 62.1 Å². The van der Waals surface area contributed by atoms with Crippen molar-refractivity contribution in [2.24, 2.45) is 23.7 Å². The lowest BCUT2D eigenvalue weighted by atomic mass is 9.75. The second-order valence-corrected chi connectivity index (χ2v) is 11.5. The van der Waals surface area contributed by atoms with Crippen LogP contribution in [0.25, 0.3) is 0 Å². The third kappa shape index (κ3) is 10.4. The summed E-state index contributed by atoms with van der Waals surface area (Å²) in [6, 6.07) is 8.88. The first-order valence-corrected chi connectivity index (χ1v) is 15.0. The predicted molar refractivity (Wildman–Crippen MR) is 150 cm³/mol. The minimum Gasteiger partial charge on any atom is -0.0730 e. The fourth-order valence-corrected chi connectivity index (χ4v) is 6.28. The van der Waals surface area contributed by atoms with Crippen molar-refractivity contribution in [2.75, 3.05) is 0 Å². The molecule has 0 atom stereocenters. The van der Waals surface area contributed by atoms with Crippen molar-refractivity contribution in [2.45, 2.75) is 129 Å². The van der Waals surface area contributed by atoms with Crippen molar-refractivity contribution < 1.29 is 0 Å². The molecule has 0 heteroatoms. The summed E-state index contributed by atoms with van der Waals surface area (Å²) in [4.78, 5) is 0. The Kier molecular flexibility index (Phi) is 13.0. The van der Waals surface area contributed by atoms with Gasteiger partial charge in [-0.3, -0.25) is 0 Å². The molecule has 0 aromatic heterocycles. The second kappa shape index (κ2) is 16.2. The third-order valence-electron chi connectivity index (χ3n) is 8.75. The first-order chi connectivity index (χ1) is 16.8. The number of allylic oxidation sites excluding steroid dienone is 2. The fraction of sp³-hybridized carbons (Fsp3) is 0.706. The molecule has 2 aliphatic carbocycles. The molecule has 0 aliphatic heterocycles. The van der Waals surface area contributed by atoms with Crippen LogP contribution in [0.15, 0.2) is 36.4 Å². The number of hydrogen-bond acceptors (Lipinski definition) is 0. The standard InChI is InChI=1S/C34H52/c1-3-5-7-11-29-15-17-31(18-16-29)13-9-10-14-32-21-25-34(26-22-32)28-27-33-23-19-30(20-24-33)12-8-6-4-2/h10,14-18,30,32-34H,3-8,11-12,19-28H2,1-2H3/b14-10+/t30-,32?,33-,34?. The van der Waals surface area contributed by atoms with E-state index >= 15 is 0 Å². The average Bonchev–Trinajstić information content (AvgIpc) is 2.88. The molecule has 0 saturated heterocycles. The maximum Gasteiger partial charge on any atom is 0.0249 e. The van der Waals surface area contributed by atoms with Crippen molar-refractivity contribution in [3.8, 4) is 11.8 Å². The van der Waals surface area contributed by atoms with E-state index < -0.39 is 0 Å². The zero-order valence-corrected chi connectivity index (χ0v) is 22.5. The molecule has 2 fully saturated rings. The lowest BCUT2D eigenvalue weighted by molar-refractivity contribution is 0.219. The molecule has 0 bridgehead atoms. The van der Waals surface area contributed by atoms with Gasteiger partial charge in [0.15, 0.2) is 0 Å². The van der Waals surface area contributed by atoms with Crippen LogP contribution in [-0.4, -0.2) is 0 Å². The summed E-state index contributed by atoms with van der Waals surface area (Å²) in [6.45, 7) is 4.59. The van der Waals surface area contributed by atoms with Crippen LogP contribution in [0.5, 0.6) is 0 Å². The molecule has 0 spiro atoms. The van der Waals surface area contributed by atoms with Crippen LogP contribution in [0.2, 0.25) is 0 Å². The summed E-state index contributed by atoms with van der Waals surface area (Å²) >= 11 is 0. The summed E-state index contributed by atoms with van der Waals surface area (Å²) in [7, 11) is 0. The normalized spacial score (nSPS) is 25.2. The lowest BCUT2D eigenvalue weighted by Crippen LogP contribution is -2.17. The zero-order valence-electron chi connectivity index (χ0n) is 22.5. The largest absolute Gasteiger partial charge is 0.0730 e. The first kappa shape index (κ1) is 27.1. The monoisotopic (exact) mass is 460 g/mol. The van der Waals surface area contributed by atoms with Crippen LogP contribution in [0, 0.1) is 35.5 Å². The second-order valence-electron chi connectivity index (χ2n) is 11.5. The van der Waals surface area contributed by atoms with Gasteiger partial charge in [0, 0.05) is 5.56 Å². The highest BCUT2D eigenvalue weighted by Gasteiger charge is 2.24. The van der Waals surface area contributed by atoms with Crippen LogP contribution in [0.3, 0.4) is 0 Å². The molecule has 3 rings (SSSR count). The molecular formula is C34H52. The van der Waals surface area contributed by atoms with Gasteiger partial charge in [0.25, 0.3) is 0 Å². The number of hydrogen-bond donors (Lipinski definition) is 0. The Morgan fingerprint density at radius 1 is 0.676 bits per heavy atom. The third-order valence-corrected chi connectivity index (χ3v) is 8.75. The van der Waals surface area contributed by atoms with E-state index in [0.29, 0.717) is 0 Å². The Balaban J connectivity index is 1.27. The zero-order chi connectivity index (χ0) is 23.8. The summed E-state index contributed by atoms with van der Waals surface area (Å²) in [5, 5.41) is 0. The minimum atomic E-state index is 0.755. The molecular weight excluding hydrogens is 408 g/mol. The Labute approximate surface area is 212 Å². The van der Waals surface area contributed by atoms with E-state index in [9.17, 15) is 0 Å². The molecule has 1 aromatic rings. The molecule has 188 valence electrons. The summed E-state index contributed by atoms with van der Waals surface area (Å²) < 4.78 is 0. The summed E-state index contributed by atoms with van der Waals surface area (Å²) in [5.74, 6) is 10.5. The molecule has 0 nitrogen and oxygen atoms in total. The summed E-state index contributed by atoms with van der Waals surface area (Å²) in [5.41, 5.74) is 2.59. The smallest absolute Gasteiger partial charge is 0.0249 e. The highest BCUT2D eigenvalue weighted by Crippen LogP contribution is 2.38. The number of unbranched alkanes of at least 4 members (excludes halogenated alkanes) is 4. The number of aryl methyl sites for hydroxylation is 1. The van der Waals surface area contributed by atoms with Gasteiger partial charge in [-0.25, -0.2) is 0 Å². The molecule has 1 aromatic carbocycles. The molecule has 0 unspecified atom stereocenters. The van der Waals surface area contributed by atoms with E-state index in [1.54, 1.807) is 0 Å². The SMILES string of the molecule is CCCCCc1ccc(C#C/C=C/C2CCC(CC[C@H]3CC[C@H](CCCCC)CC3)CC2)cc1. The van der Waals surface area contributed by atoms with Crippen LogP contribution in [-0.2, 0) is 6.42 Å². The van der Waals surface area contributed by atoms with Gasteiger partial charge in [0.05, 0.1) is 0 Å². The van der Waals surface area contributed by atoms with Crippen LogP contribution in [0.1, 0.15) is 134 Å². The van der Waals surface area contributed by atoms with Gasteiger partial charge in [-0.15, -0.1) is 0 Å². The number of rotatable bonds is 12. The molecule has 0 radical (unpaired) electrons. The minimum absolute atomic E-state index is 0.755. The van der Waals surface area contributed by atoms with E-state index in [4.69, 9.17) is 0 Å².